The predicted octanol–water partition coefficient (Wildman–Crippen LogP) is 3.25. The average Bonchev–Trinajstić information content (AvgIpc) is 2.26. The molecule has 1 rings (SSSR count). The van der Waals surface area contributed by atoms with Gasteiger partial charge in [-0.3, -0.25) is 4.79 Å². The van der Waals surface area contributed by atoms with Crippen molar-refractivity contribution in [2.45, 2.75) is 32.3 Å². The summed E-state index contributed by atoms with van der Waals surface area (Å²) < 4.78 is 10.5. The molecular formula is C14H19ClO4. The quantitative estimate of drug-likeness (QED) is 0.872. The Balaban J connectivity index is 3.40. The van der Waals surface area contributed by atoms with Gasteiger partial charge in [0.25, 0.3) is 0 Å². The van der Waals surface area contributed by atoms with Gasteiger partial charge in [0.1, 0.15) is 5.75 Å². The Hall–Kier alpha value is -1.26. The maximum atomic E-state index is 11.0. The first-order valence-electron chi connectivity index (χ1n) is 5.89. The Morgan fingerprint density at radius 1 is 1.37 bits per heavy atom. The van der Waals surface area contributed by atoms with Crippen molar-refractivity contribution in [2.75, 3.05) is 14.2 Å². The molecule has 0 radical (unpaired) electrons. The highest BCUT2D eigenvalue weighted by molar-refractivity contribution is 6.30. The van der Waals surface area contributed by atoms with E-state index >= 15 is 0 Å². The van der Waals surface area contributed by atoms with Crippen molar-refractivity contribution >= 4 is 17.6 Å². The zero-order valence-corrected chi connectivity index (χ0v) is 12.4. The molecule has 5 heteroatoms. The Labute approximate surface area is 118 Å². The third-order valence-corrected chi connectivity index (χ3v) is 3.16. The van der Waals surface area contributed by atoms with Crippen LogP contribution in [0.3, 0.4) is 0 Å². The number of methoxy groups -OCH3 is 2. The van der Waals surface area contributed by atoms with Gasteiger partial charge >= 0.3 is 5.97 Å². The Kier molecular flexibility index (Phi) is 5.20. The van der Waals surface area contributed by atoms with Crippen LogP contribution in [0.25, 0.3) is 0 Å². The number of hydrogen-bond donors (Lipinski definition) is 1. The van der Waals surface area contributed by atoms with Crippen LogP contribution in [0.5, 0.6) is 5.75 Å². The lowest BCUT2D eigenvalue weighted by Crippen LogP contribution is -2.24. The molecule has 106 valence electrons. The summed E-state index contributed by atoms with van der Waals surface area (Å²) in [6.45, 7) is 4.09. The maximum absolute atomic E-state index is 11.0. The first-order valence-corrected chi connectivity index (χ1v) is 6.27. The minimum absolute atomic E-state index is 0.00169. The number of carboxylic acids is 1. The van der Waals surface area contributed by atoms with Crippen molar-refractivity contribution in [3.05, 3.63) is 28.3 Å². The minimum atomic E-state index is -0.856. The zero-order valence-electron chi connectivity index (χ0n) is 11.6. The van der Waals surface area contributed by atoms with Gasteiger partial charge in [-0.15, -0.1) is 0 Å². The highest BCUT2D eigenvalue weighted by Crippen LogP contribution is 2.39. The normalized spacial score (nSPS) is 11.4. The second kappa shape index (κ2) is 6.26. The van der Waals surface area contributed by atoms with Gasteiger partial charge in [-0.25, -0.2) is 0 Å². The first-order chi connectivity index (χ1) is 8.81. The topological polar surface area (TPSA) is 55.8 Å². The second-order valence-electron chi connectivity index (χ2n) is 5.03. The maximum Gasteiger partial charge on any atom is 0.304 e. The van der Waals surface area contributed by atoms with E-state index in [1.807, 2.05) is 13.8 Å². The summed E-state index contributed by atoms with van der Waals surface area (Å²) in [7, 11) is 3.13. The van der Waals surface area contributed by atoms with Crippen molar-refractivity contribution in [3.63, 3.8) is 0 Å². The fraction of sp³-hybridized carbons (Fsp3) is 0.500. The number of carboxylic acid groups (broad SMARTS) is 1. The summed E-state index contributed by atoms with van der Waals surface area (Å²) in [5, 5.41) is 9.59. The predicted molar refractivity (Wildman–Crippen MR) is 74.0 cm³/mol. The first kappa shape index (κ1) is 15.8. The van der Waals surface area contributed by atoms with Gasteiger partial charge < -0.3 is 14.6 Å². The second-order valence-corrected chi connectivity index (χ2v) is 5.47. The Morgan fingerprint density at radius 3 is 2.47 bits per heavy atom. The van der Waals surface area contributed by atoms with Gasteiger partial charge in [-0.05, 0) is 17.7 Å². The number of rotatable bonds is 6. The van der Waals surface area contributed by atoms with Crippen molar-refractivity contribution in [1.29, 1.82) is 0 Å². The lowest BCUT2D eigenvalue weighted by Gasteiger charge is -2.28. The van der Waals surface area contributed by atoms with Crippen LogP contribution in [0.4, 0.5) is 0 Å². The third-order valence-electron chi connectivity index (χ3n) is 2.94. The molecule has 0 aromatic heterocycles. The fourth-order valence-corrected chi connectivity index (χ4v) is 2.53. The van der Waals surface area contributed by atoms with E-state index in [-0.39, 0.29) is 6.42 Å². The summed E-state index contributed by atoms with van der Waals surface area (Å²) in [6.07, 6.45) is 0.00169. The molecule has 0 fully saturated rings. The largest absolute Gasteiger partial charge is 0.496 e. The summed E-state index contributed by atoms with van der Waals surface area (Å²) in [6, 6.07) is 3.48. The van der Waals surface area contributed by atoms with Crippen LogP contribution < -0.4 is 4.74 Å². The van der Waals surface area contributed by atoms with Gasteiger partial charge in [0, 0.05) is 23.1 Å². The van der Waals surface area contributed by atoms with Gasteiger partial charge in [-0.1, -0.05) is 25.4 Å². The molecule has 0 aliphatic rings. The molecule has 4 nitrogen and oxygen atoms in total. The zero-order chi connectivity index (χ0) is 14.6. The number of aliphatic carboxylic acids is 1. The molecule has 1 aromatic rings. The number of halogens is 1. The van der Waals surface area contributed by atoms with E-state index in [0.717, 1.165) is 11.1 Å². The molecule has 19 heavy (non-hydrogen) atoms. The minimum Gasteiger partial charge on any atom is -0.496 e. The van der Waals surface area contributed by atoms with E-state index in [1.165, 1.54) is 0 Å². The van der Waals surface area contributed by atoms with Crippen molar-refractivity contribution in [1.82, 2.24) is 0 Å². The molecule has 0 unspecified atom stereocenters. The van der Waals surface area contributed by atoms with Crippen LogP contribution in [-0.2, 0) is 21.6 Å². The molecule has 0 atom stereocenters. The molecule has 0 aliphatic heterocycles. The molecule has 1 aromatic carbocycles. The third kappa shape index (κ3) is 3.85. The van der Waals surface area contributed by atoms with E-state index in [9.17, 15) is 4.79 Å². The smallest absolute Gasteiger partial charge is 0.304 e. The van der Waals surface area contributed by atoms with Crippen LogP contribution in [0.1, 0.15) is 31.4 Å². The van der Waals surface area contributed by atoms with Crippen molar-refractivity contribution in [3.8, 4) is 5.75 Å². The van der Waals surface area contributed by atoms with Gasteiger partial charge in [0.2, 0.25) is 0 Å². The lowest BCUT2D eigenvalue weighted by atomic mass is 9.78. The molecule has 1 N–H and O–H groups in total. The Morgan fingerprint density at radius 2 is 2.00 bits per heavy atom. The highest BCUT2D eigenvalue weighted by atomic mass is 35.5. The van der Waals surface area contributed by atoms with E-state index in [2.05, 4.69) is 0 Å². The molecule has 0 saturated carbocycles. The summed E-state index contributed by atoms with van der Waals surface area (Å²) in [5.74, 6) is -0.267. The van der Waals surface area contributed by atoms with Crippen molar-refractivity contribution < 1.29 is 19.4 Å². The molecule has 0 bridgehead atoms. The number of hydrogen-bond acceptors (Lipinski definition) is 3. The van der Waals surface area contributed by atoms with E-state index in [4.69, 9.17) is 26.2 Å². The molecule has 0 saturated heterocycles. The van der Waals surface area contributed by atoms with Crippen LogP contribution in [-0.4, -0.2) is 25.3 Å². The van der Waals surface area contributed by atoms with Crippen LogP contribution in [0.2, 0.25) is 5.02 Å². The molecule has 0 aliphatic carbocycles. The highest BCUT2D eigenvalue weighted by Gasteiger charge is 2.30. The number of benzene rings is 1. The molecule has 0 amide bonds. The van der Waals surface area contributed by atoms with Gasteiger partial charge in [0.15, 0.2) is 0 Å². The standard InChI is InChI=1S/C14H19ClO4/c1-14(2,7-12(16)17)13-9(8-18-3)5-10(15)6-11(13)19-4/h5-6H,7-8H2,1-4H3,(H,16,17). The summed E-state index contributed by atoms with van der Waals surface area (Å²) in [4.78, 5) is 11.0. The van der Waals surface area contributed by atoms with Crippen LogP contribution in [0, 0.1) is 0 Å². The van der Waals surface area contributed by atoms with E-state index < -0.39 is 11.4 Å². The number of carbonyl (C=O) groups is 1. The number of ether oxygens (including phenoxy) is 2. The van der Waals surface area contributed by atoms with Gasteiger partial charge in [0.05, 0.1) is 20.1 Å². The summed E-state index contributed by atoms with van der Waals surface area (Å²) in [5.41, 5.74) is 1.09. The van der Waals surface area contributed by atoms with Crippen LogP contribution >= 0.6 is 11.6 Å². The van der Waals surface area contributed by atoms with E-state index in [0.29, 0.717) is 17.4 Å². The fourth-order valence-electron chi connectivity index (χ4n) is 2.30. The Bertz CT molecular complexity index is 469. The van der Waals surface area contributed by atoms with Gasteiger partial charge in [-0.2, -0.15) is 0 Å². The molecule has 0 heterocycles. The SMILES string of the molecule is COCc1cc(Cl)cc(OC)c1C(C)(C)CC(=O)O. The molecule has 0 spiro atoms. The van der Waals surface area contributed by atoms with Crippen LogP contribution in [0.15, 0.2) is 12.1 Å². The monoisotopic (exact) mass is 286 g/mol. The van der Waals surface area contributed by atoms with Crippen molar-refractivity contribution in [2.24, 2.45) is 0 Å². The summed E-state index contributed by atoms with van der Waals surface area (Å²) >= 11 is 6.04. The average molecular weight is 287 g/mol. The molecular weight excluding hydrogens is 268 g/mol. The van der Waals surface area contributed by atoms with E-state index in [1.54, 1.807) is 26.4 Å². The lowest BCUT2D eigenvalue weighted by molar-refractivity contribution is -0.138.